The Balaban J connectivity index is 1.81. The van der Waals surface area contributed by atoms with Crippen LogP contribution in [0.3, 0.4) is 0 Å². The van der Waals surface area contributed by atoms with Crippen LogP contribution in [0.5, 0.6) is 0 Å². The first-order valence-corrected chi connectivity index (χ1v) is 7.73. The van der Waals surface area contributed by atoms with Gasteiger partial charge in [0.1, 0.15) is 5.70 Å². The molecular weight excluding hydrogens is 280 g/mol. The van der Waals surface area contributed by atoms with Gasteiger partial charge in [-0.25, -0.2) is 4.79 Å². The fourth-order valence-corrected chi connectivity index (χ4v) is 4.67. The SMILES string of the molecule is C[C@@H](O)[C@H]1C(=O)N2C(C(=O)O)=C(S[C@H]3CCNC3)C[C@@H]12. The fraction of sp³-hybridized carbons (Fsp3) is 0.692. The monoisotopic (exact) mass is 298 g/mol. The lowest BCUT2D eigenvalue weighted by molar-refractivity contribution is -0.161. The maximum atomic E-state index is 12.0. The second kappa shape index (κ2) is 5.05. The first kappa shape index (κ1) is 13.9. The van der Waals surface area contributed by atoms with Gasteiger partial charge in [-0.2, -0.15) is 0 Å². The summed E-state index contributed by atoms with van der Waals surface area (Å²) in [6.07, 6.45) is 0.847. The molecule has 6 nitrogen and oxygen atoms in total. The van der Waals surface area contributed by atoms with Gasteiger partial charge in [0.15, 0.2) is 0 Å². The van der Waals surface area contributed by atoms with Crippen LogP contribution < -0.4 is 5.32 Å². The Kier molecular flexibility index (Phi) is 3.51. The topological polar surface area (TPSA) is 89.9 Å². The molecule has 0 spiro atoms. The van der Waals surface area contributed by atoms with Crippen molar-refractivity contribution in [3.8, 4) is 0 Å². The van der Waals surface area contributed by atoms with Crippen molar-refractivity contribution in [1.29, 1.82) is 0 Å². The number of nitrogens with zero attached hydrogens (tertiary/aromatic N) is 1. The molecule has 3 rings (SSSR count). The van der Waals surface area contributed by atoms with Gasteiger partial charge in [-0.3, -0.25) is 4.79 Å². The standard InChI is InChI=1S/C13H18N2O4S/c1-6(16)10-8-4-9(20-7-2-3-14-5-7)11(13(18)19)15(8)12(10)17/h6-8,10,14,16H,2-5H2,1H3,(H,18,19)/t6-,7+,8+,10-/m1/s1. The van der Waals surface area contributed by atoms with Crippen LogP contribution in [0.25, 0.3) is 0 Å². The molecule has 3 aliphatic heterocycles. The molecule has 3 N–H and O–H groups in total. The van der Waals surface area contributed by atoms with Gasteiger partial charge in [0.2, 0.25) is 5.91 Å². The summed E-state index contributed by atoms with van der Waals surface area (Å²) >= 11 is 1.58. The van der Waals surface area contributed by atoms with Gasteiger partial charge in [0, 0.05) is 23.1 Å². The van der Waals surface area contributed by atoms with E-state index in [9.17, 15) is 19.8 Å². The molecule has 0 aliphatic carbocycles. The number of β-lactam (4-membered cyclic amide) rings is 1. The Morgan fingerprint density at radius 1 is 1.55 bits per heavy atom. The molecule has 20 heavy (non-hydrogen) atoms. The van der Waals surface area contributed by atoms with E-state index in [1.807, 2.05) is 0 Å². The number of aliphatic hydroxyl groups excluding tert-OH is 1. The number of rotatable bonds is 4. The van der Waals surface area contributed by atoms with E-state index in [-0.39, 0.29) is 17.6 Å². The van der Waals surface area contributed by atoms with Crippen LogP contribution in [0.15, 0.2) is 10.6 Å². The second-order valence-electron chi connectivity index (χ2n) is 5.56. The van der Waals surface area contributed by atoms with Crippen molar-refractivity contribution in [2.45, 2.75) is 37.2 Å². The molecule has 0 aromatic carbocycles. The Bertz CT molecular complexity index is 485. The van der Waals surface area contributed by atoms with Gasteiger partial charge in [-0.1, -0.05) is 0 Å². The van der Waals surface area contributed by atoms with Crippen molar-refractivity contribution >= 4 is 23.6 Å². The molecule has 1 amide bonds. The Hall–Kier alpha value is -1.05. The van der Waals surface area contributed by atoms with Crippen molar-refractivity contribution < 1.29 is 19.8 Å². The molecular formula is C13H18N2O4S. The largest absolute Gasteiger partial charge is 0.477 e. The number of hydrogen-bond acceptors (Lipinski definition) is 5. The Labute approximate surface area is 121 Å². The van der Waals surface area contributed by atoms with Crippen molar-refractivity contribution in [2.24, 2.45) is 5.92 Å². The van der Waals surface area contributed by atoms with E-state index >= 15 is 0 Å². The first-order chi connectivity index (χ1) is 9.50. The maximum absolute atomic E-state index is 12.0. The zero-order valence-electron chi connectivity index (χ0n) is 11.2. The number of thioether (sulfide) groups is 1. The number of carbonyl (C=O) groups excluding carboxylic acids is 1. The van der Waals surface area contributed by atoms with E-state index < -0.39 is 18.0 Å². The number of hydrogen-bond donors (Lipinski definition) is 3. The summed E-state index contributed by atoms with van der Waals surface area (Å²) < 4.78 is 0. The number of fused-ring (bicyclic) bond motifs is 1. The summed E-state index contributed by atoms with van der Waals surface area (Å²) in [7, 11) is 0. The third-order valence-electron chi connectivity index (χ3n) is 4.21. The maximum Gasteiger partial charge on any atom is 0.353 e. The van der Waals surface area contributed by atoms with E-state index in [2.05, 4.69) is 5.32 Å². The van der Waals surface area contributed by atoms with Crippen LogP contribution in [0, 0.1) is 5.92 Å². The lowest BCUT2D eigenvalue weighted by Gasteiger charge is -2.44. The molecule has 0 radical (unpaired) electrons. The van der Waals surface area contributed by atoms with Crippen LogP contribution >= 0.6 is 11.8 Å². The van der Waals surface area contributed by atoms with E-state index in [0.717, 1.165) is 24.4 Å². The van der Waals surface area contributed by atoms with Crippen molar-refractivity contribution in [1.82, 2.24) is 10.2 Å². The second-order valence-corrected chi connectivity index (χ2v) is 6.95. The summed E-state index contributed by atoms with van der Waals surface area (Å²) in [5.41, 5.74) is 0.133. The predicted octanol–water partition coefficient (Wildman–Crippen LogP) is -0.0108. The smallest absolute Gasteiger partial charge is 0.353 e. The molecule has 0 unspecified atom stereocenters. The Morgan fingerprint density at radius 3 is 2.85 bits per heavy atom. The molecule has 0 aromatic rings. The highest BCUT2D eigenvalue weighted by molar-refractivity contribution is 8.03. The molecule has 0 aromatic heterocycles. The van der Waals surface area contributed by atoms with Crippen LogP contribution in [0.2, 0.25) is 0 Å². The summed E-state index contributed by atoms with van der Waals surface area (Å²) in [5, 5.41) is 22.7. The van der Waals surface area contributed by atoms with Gasteiger partial charge in [0.25, 0.3) is 0 Å². The van der Waals surface area contributed by atoms with Crippen LogP contribution in [-0.2, 0) is 9.59 Å². The molecule has 2 saturated heterocycles. The molecule has 7 heteroatoms. The minimum absolute atomic E-state index is 0.133. The number of carboxylic acids is 1. The lowest BCUT2D eigenvalue weighted by atomic mass is 9.83. The average Bonchev–Trinajstić information content (AvgIpc) is 2.95. The molecule has 0 saturated carbocycles. The molecule has 4 atom stereocenters. The van der Waals surface area contributed by atoms with Gasteiger partial charge in [0.05, 0.1) is 18.1 Å². The zero-order chi connectivity index (χ0) is 14.4. The number of nitrogens with one attached hydrogen (secondary N) is 1. The van der Waals surface area contributed by atoms with Gasteiger partial charge < -0.3 is 20.4 Å². The average molecular weight is 298 g/mol. The molecule has 0 bridgehead atoms. The summed E-state index contributed by atoms with van der Waals surface area (Å²) in [6, 6.07) is -0.175. The highest BCUT2D eigenvalue weighted by atomic mass is 32.2. The Morgan fingerprint density at radius 2 is 2.30 bits per heavy atom. The third-order valence-corrected chi connectivity index (χ3v) is 5.59. The van der Waals surface area contributed by atoms with Gasteiger partial charge in [-0.05, 0) is 19.9 Å². The van der Waals surface area contributed by atoms with Crippen molar-refractivity contribution in [2.75, 3.05) is 13.1 Å². The van der Waals surface area contributed by atoms with Crippen LogP contribution in [0.1, 0.15) is 19.8 Å². The highest BCUT2D eigenvalue weighted by Crippen LogP contribution is 2.48. The zero-order valence-corrected chi connectivity index (χ0v) is 12.0. The number of aliphatic carboxylic acids is 1. The van der Waals surface area contributed by atoms with E-state index in [0.29, 0.717) is 11.7 Å². The van der Waals surface area contributed by atoms with Gasteiger partial charge in [-0.15, -0.1) is 11.8 Å². The summed E-state index contributed by atoms with van der Waals surface area (Å²) in [5.74, 6) is -1.76. The van der Waals surface area contributed by atoms with Crippen LogP contribution in [0.4, 0.5) is 0 Å². The number of carboxylic acid groups (broad SMARTS) is 1. The quantitative estimate of drug-likeness (QED) is 0.633. The molecule has 110 valence electrons. The normalized spacial score (nSPS) is 34.2. The van der Waals surface area contributed by atoms with E-state index in [1.165, 1.54) is 4.90 Å². The summed E-state index contributed by atoms with van der Waals surface area (Å²) in [6.45, 7) is 3.42. The van der Waals surface area contributed by atoms with E-state index in [1.54, 1.807) is 18.7 Å². The number of aliphatic hydroxyl groups is 1. The minimum Gasteiger partial charge on any atom is -0.477 e. The van der Waals surface area contributed by atoms with Crippen molar-refractivity contribution in [3.63, 3.8) is 0 Å². The van der Waals surface area contributed by atoms with E-state index in [4.69, 9.17) is 0 Å². The molecule has 3 heterocycles. The molecule has 3 aliphatic rings. The highest BCUT2D eigenvalue weighted by Gasteiger charge is 2.56. The number of carbonyl (C=O) groups is 2. The predicted molar refractivity (Wildman–Crippen MR) is 73.9 cm³/mol. The van der Waals surface area contributed by atoms with Crippen molar-refractivity contribution in [3.05, 3.63) is 10.6 Å². The summed E-state index contributed by atoms with van der Waals surface area (Å²) in [4.78, 5) is 25.6. The number of amides is 1. The third kappa shape index (κ3) is 2.04. The van der Waals surface area contributed by atoms with Gasteiger partial charge >= 0.3 is 5.97 Å². The minimum atomic E-state index is -1.04. The fourth-order valence-electron chi connectivity index (χ4n) is 3.27. The van der Waals surface area contributed by atoms with Crippen LogP contribution in [-0.4, -0.2) is 57.5 Å². The first-order valence-electron chi connectivity index (χ1n) is 6.85. The lowest BCUT2D eigenvalue weighted by Crippen LogP contribution is -2.61. The molecule has 2 fully saturated rings.